The van der Waals surface area contributed by atoms with E-state index >= 15 is 0 Å². The summed E-state index contributed by atoms with van der Waals surface area (Å²) in [5.41, 5.74) is 5.06. The van der Waals surface area contributed by atoms with Crippen molar-refractivity contribution in [1.82, 2.24) is 0 Å². The van der Waals surface area contributed by atoms with E-state index in [1.165, 1.54) is 0 Å². The van der Waals surface area contributed by atoms with Crippen LogP contribution in [0, 0.1) is 10.8 Å². The first-order valence-corrected chi connectivity index (χ1v) is 6.13. The summed E-state index contributed by atoms with van der Waals surface area (Å²) in [7, 11) is 0. The zero-order valence-corrected chi connectivity index (χ0v) is 12.1. The van der Waals surface area contributed by atoms with Crippen LogP contribution in [0.1, 0.15) is 48.0 Å². The summed E-state index contributed by atoms with van der Waals surface area (Å²) >= 11 is 0. The highest BCUT2D eigenvalue weighted by atomic mass is 16.6. The van der Waals surface area contributed by atoms with Crippen LogP contribution in [0.25, 0.3) is 0 Å². The standard InChI is InChI=1S/C13H29NO3/c1-11(2,3)13(6,9-12(4,5)14)10(16)17-8-7-15/h10,15-16H,7-9,14H2,1-6H3. The Hall–Kier alpha value is -0.160. The lowest BCUT2D eigenvalue weighted by atomic mass is 9.62. The molecule has 0 saturated heterocycles. The molecule has 104 valence electrons. The molecule has 0 aromatic heterocycles. The molecule has 0 aliphatic rings. The third-order valence-corrected chi connectivity index (χ3v) is 3.45. The fraction of sp³-hybridized carbons (Fsp3) is 1.00. The molecule has 0 aliphatic heterocycles. The van der Waals surface area contributed by atoms with Crippen LogP contribution in [-0.2, 0) is 4.74 Å². The zero-order valence-electron chi connectivity index (χ0n) is 12.1. The van der Waals surface area contributed by atoms with Gasteiger partial charge in [-0.2, -0.15) is 0 Å². The van der Waals surface area contributed by atoms with Crippen molar-refractivity contribution in [2.45, 2.75) is 59.8 Å². The van der Waals surface area contributed by atoms with Gasteiger partial charge in [0, 0.05) is 11.0 Å². The number of hydrogen-bond acceptors (Lipinski definition) is 4. The van der Waals surface area contributed by atoms with Crippen LogP contribution in [0.4, 0.5) is 0 Å². The van der Waals surface area contributed by atoms with E-state index in [0.717, 1.165) is 0 Å². The van der Waals surface area contributed by atoms with Crippen molar-refractivity contribution in [2.75, 3.05) is 13.2 Å². The lowest BCUT2D eigenvalue weighted by Gasteiger charge is -2.48. The van der Waals surface area contributed by atoms with E-state index in [0.29, 0.717) is 6.42 Å². The van der Waals surface area contributed by atoms with E-state index in [-0.39, 0.29) is 24.2 Å². The Labute approximate surface area is 105 Å². The highest BCUT2D eigenvalue weighted by molar-refractivity contribution is 4.94. The van der Waals surface area contributed by atoms with Gasteiger partial charge in [-0.15, -0.1) is 0 Å². The van der Waals surface area contributed by atoms with Crippen molar-refractivity contribution in [3.05, 3.63) is 0 Å². The largest absolute Gasteiger partial charge is 0.394 e. The number of aliphatic hydroxyl groups is 2. The molecule has 2 atom stereocenters. The summed E-state index contributed by atoms with van der Waals surface area (Å²) in [5, 5.41) is 19.0. The van der Waals surface area contributed by atoms with Crippen LogP contribution in [0.5, 0.6) is 0 Å². The molecular formula is C13H29NO3. The molecule has 0 aromatic rings. The number of nitrogens with two attached hydrogens (primary N) is 1. The topological polar surface area (TPSA) is 75.7 Å². The van der Waals surface area contributed by atoms with Crippen molar-refractivity contribution in [1.29, 1.82) is 0 Å². The predicted octanol–water partition coefficient (Wildman–Crippen LogP) is 1.49. The number of rotatable bonds is 6. The third kappa shape index (κ3) is 4.92. The van der Waals surface area contributed by atoms with E-state index < -0.39 is 11.7 Å². The molecule has 0 rings (SSSR count). The summed E-state index contributed by atoms with van der Waals surface area (Å²) in [6, 6.07) is 0. The lowest BCUT2D eigenvalue weighted by Crippen LogP contribution is -2.51. The highest BCUT2D eigenvalue weighted by Crippen LogP contribution is 2.46. The lowest BCUT2D eigenvalue weighted by molar-refractivity contribution is -0.211. The average molecular weight is 247 g/mol. The average Bonchev–Trinajstić information content (AvgIpc) is 2.09. The van der Waals surface area contributed by atoms with Gasteiger partial charge in [-0.05, 0) is 25.7 Å². The SMILES string of the molecule is CC(C)(N)CC(C)(C(O)OCCO)C(C)(C)C. The van der Waals surface area contributed by atoms with Gasteiger partial charge in [0.15, 0.2) is 6.29 Å². The molecule has 0 saturated carbocycles. The number of aliphatic hydroxyl groups excluding tert-OH is 2. The summed E-state index contributed by atoms with van der Waals surface area (Å²) < 4.78 is 5.28. The Kier molecular flexibility index (Phi) is 5.60. The fourth-order valence-electron chi connectivity index (χ4n) is 2.02. The van der Waals surface area contributed by atoms with Crippen LogP contribution >= 0.6 is 0 Å². The summed E-state index contributed by atoms with van der Waals surface area (Å²) in [5.74, 6) is 0. The second kappa shape index (κ2) is 5.65. The van der Waals surface area contributed by atoms with Crippen molar-refractivity contribution in [3.8, 4) is 0 Å². The van der Waals surface area contributed by atoms with E-state index in [2.05, 4.69) is 20.8 Å². The first-order chi connectivity index (χ1) is 7.44. The van der Waals surface area contributed by atoms with Gasteiger partial charge in [0.1, 0.15) is 0 Å². The van der Waals surface area contributed by atoms with E-state index in [1.54, 1.807) is 0 Å². The second-order valence-electron chi connectivity index (χ2n) is 6.78. The molecular weight excluding hydrogens is 218 g/mol. The van der Waals surface area contributed by atoms with Crippen LogP contribution in [0.15, 0.2) is 0 Å². The first-order valence-electron chi connectivity index (χ1n) is 6.13. The maximum atomic E-state index is 10.2. The van der Waals surface area contributed by atoms with Crippen molar-refractivity contribution < 1.29 is 14.9 Å². The van der Waals surface area contributed by atoms with Crippen molar-refractivity contribution in [3.63, 3.8) is 0 Å². The van der Waals surface area contributed by atoms with Gasteiger partial charge in [-0.1, -0.05) is 27.7 Å². The molecule has 4 heteroatoms. The van der Waals surface area contributed by atoms with Gasteiger partial charge in [-0.3, -0.25) is 0 Å². The van der Waals surface area contributed by atoms with Gasteiger partial charge < -0.3 is 20.7 Å². The molecule has 0 amide bonds. The Morgan fingerprint density at radius 1 is 1.12 bits per heavy atom. The van der Waals surface area contributed by atoms with Crippen LogP contribution < -0.4 is 5.73 Å². The number of hydrogen-bond donors (Lipinski definition) is 3. The smallest absolute Gasteiger partial charge is 0.160 e. The molecule has 4 nitrogen and oxygen atoms in total. The molecule has 0 aromatic carbocycles. The molecule has 17 heavy (non-hydrogen) atoms. The molecule has 4 N–H and O–H groups in total. The quantitative estimate of drug-likeness (QED) is 0.622. The van der Waals surface area contributed by atoms with Crippen molar-refractivity contribution in [2.24, 2.45) is 16.6 Å². The maximum Gasteiger partial charge on any atom is 0.160 e. The van der Waals surface area contributed by atoms with Gasteiger partial charge in [-0.25, -0.2) is 0 Å². The van der Waals surface area contributed by atoms with E-state index in [1.807, 2.05) is 20.8 Å². The second-order valence-corrected chi connectivity index (χ2v) is 6.78. The van der Waals surface area contributed by atoms with Crippen molar-refractivity contribution >= 4 is 0 Å². The molecule has 0 spiro atoms. The van der Waals surface area contributed by atoms with E-state index in [4.69, 9.17) is 15.6 Å². The predicted molar refractivity (Wildman–Crippen MR) is 69.5 cm³/mol. The van der Waals surface area contributed by atoms with Gasteiger partial charge in [0.25, 0.3) is 0 Å². The van der Waals surface area contributed by atoms with Crippen LogP contribution in [0.3, 0.4) is 0 Å². The van der Waals surface area contributed by atoms with Gasteiger partial charge >= 0.3 is 0 Å². The van der Waals surface area contributed by atoms with E-state index in [9.17, 15) is 5.11 Å². The minimum atomic E-state index is -0.933. The molecule has 0 aliphatic carbocycles. The Bertz CT molecular complexity index is 230. The fourth-order valence-corrected chi connectivity index (χ4v) is 2.02. The van der Waals surface area contributed by atoms with Gasteiger partial charge in [0.05, 0.1) is 13.2 Å². The number of ether oxygens (including phenoxy) is 1. The molecule has 0 heterocycles. The minimum absolute atomic E-state index is 0.0939. The van der Waals surface area contributed by atoms with Gasteiger partial charge in [0.2, 0.25) is 0 Å². The van der Waals surface area contributed by atoms with Crippen LogP contribution in [0.2, 0.25) is 0 Å². The summed E-state index contributed by atoms with van der Waals surface area (Å²) in [6.07, 6.45) is -0.298. The zero-order chi connectivity index (χ0) is 13.9. The Morgan fingerprint density at radius 3 is 1.88 bits per heavy atom. The highest BCUT2D eigenvalue weighted by Gasteiger charge is 2.46. The van der Waals surface area contributed by atoms with Crippen LogP contribution in [-0.4, -0.2) is 35.3 Å². The normalized spacial score (nSPS) is 18.9. The summed E-state index contributed by atoms with van der Waals surface area (Å²) in [6.45, 7) is 12.1. The Morgan fingerprint density at radius 2 is 1.59 bits per heavy atom. The summed E-state index contributed by atoms with van der Waals surface area (Å²) in [4.78, 5) is 0. The molecule has 0 bridgehead atoms. The monoisotopic (exact) mass is 247 g/mol. The third-order valence-electron chi connectivity index (χ3n) is 3.45. The Balaban J connectivity index is 4.98. The molecule has 0 radical (unpaired) electrons. The first kappa shape index (κ1) is 16.8. The minimum Gasteiger partial charge on any atom is -0.394 e. The molecule has 2 unspecified atom stereocenters. The molecule has 0 fully saturated rings. The maximum absolute atomic E-state index is 10.2.